The molecule has 3 aromatic carbocycles. The maximum atomic E-state index is 12.8. The zero-order valence-electron chi connectivity index (χ0n) is 16.3. The minimum Gasteiger partial charge on any atom is -0.500 e. The van der Waals surface area contributed by atoms with Crippen molar-refractivity contribution in [3.05, 3.63) is 80.7 Å². The van der Waals surface area contributed by atoms with E-state index in [9.17, 15) is 24.8 Å². The van der Waals surface area contributed by atoms with Crippen LogP contribution in [-0.4, -0.2) is 33.2 Å². The number of nitro groups is 1. The molecule has 1 saturated heterocycles. The van der Waals surface area contributed by atoms with Crippen LogP contribution in [0.5, 0.6) is 11.5 Å². The zero-order valence-corrected chi connectivity index (χ0v) is 17.1. The van der Waals surface area contributed by atoms with Crippen molar-refractivity contribution in [2.24, 2.45) is 0 Å². The lowest BCUT2D eigenvalue weighted by Gasteiger charge is -2.13. The van der Waals surface area contributed by atoms with Crippen molar-refractivity contribution < 1.29 is 24.4 Å². The first-order chi connectivity index (χ1) is 14.9. The maximum Gasteiger partial charge on any atom is 0.315 e. The van der Waals surface area contributed by atoms with Gasteiger partial charge < -0.3 is 9.84 Å². The van der Waals surface area contributed by atoms with Gasteiger partial charge in [0.1, 0.15) is 0 Å². The van der Waals surface area contributed by atoms with Gasteiger partial charge >= 0.3 is 5.69 Å². The molecule has 0 bridgehead atoms. The van der Waals surface area contributed by atoms with Gasteiger partial charge in [-0.05, 0) is 51.9 Å². The van der Waals surface area contributed by atoms with Crippen LogP contribution in [0.15, 0.2) is 59.5 Å². The fourth-order valence-electron chi connectivity index (χ4n) is 3.30. The predicted octanol–water partition coefficient (Wildman–Crippen LogP) is 4.70. The van der Waals surface area contributed by atoms with Crippen LogP contribution in [0.25, 0.3) is 16.8 Å². The Kier molecular flexibility index (Phi) is 5.35. The summed E-state index contributed by atoms with van der Waals surface area (Å²) < 4.78 is 4.97. The number of amides is 2. The van der Waals surface area contributed by atoms with Crippen LogP contribution in [0, 0.1) is 10.1 Å². The fraction of sp³-hybridized carbons (Fsp3) is 0.0909. The Bertz CT molecular complexity index is 1270. The van der Waals surface area contributed by atoms with Crippen LogP contribution in [0.4, 0.5) is 10.5 Å². The van der Waals surface area contributed by atoms with Gasteiger partial charge in [0.15, 0.2) is 5.75 Å². The molecular weight excluding hydrogens is 420 g/mol. The van der Waals surface area contributed by atoms with Crippen molar-refractivity contribution >= 4 is 45.4 Å². The Hall–Kier alpha value is -3.85. The maximum absolute atomic E-state index is 12.8. The molecule has 0 spiro atoms. The van der Waals surface area contributed by atoms with Crippen LogP contribution >= 0.6 is 11.8 Å². The van der Waals surface area contributed by atoms with Gasteiger partial charge in [0.05, 0.1) is 23.5 Å². The number of carbonyl (C=O) groups is 2. The monoisotopic (exact) mass is 436 g/mol. The number of aromatic hydroxyl groups is 1. The second kappa shape index (κ2) is 8.11. The quantitative estimate of drug-likeness (QED) is 0.351. The van der Waals surface area contributed by atoms with Gasteiger partial charge in [-0.25, -0.2) is 0 Å². The van der Waals surface area contributed by atoms with Crippen molar-refractivity contribution in [2.45, 2.75) is 6.54 Å². The summed E-state index contributed by atoms with van der Waals surface area (Å²) in [6, 6.07) is 16.0. The molecule has 2 amide bonds. The summed E-state index contributed by atoms with van der Waals surface area (Å²) in [5.74, 6) is -1.19. The summed E-state index contributed by atoms with van der Waals surface area (Å²) in [6.07, 6.45) is 1.38. The molecule has 0 aromatic heterocycles. The molecular formula is C22H16N2O6S. The van der Waals surface area contributed by atoms with Crippen molar-refractivity contribution in [2.75, 3.05) is 7.11 Å². The number of benzene rings is 3. The van der Waals surface area contributed by atoms with E-state index in [1.54, 1.807) is 0 Å². The number of fused-ring (bicyclic) bond motifs is 1. The number of ether oxygens (including phenoxy) is 1. The Labute approximate surface area is 180 Å². The Morgan fingerprint density at radius 3 is 2.58 bits per heavy atom. The molecule has 0 saturated carbocycles. The molecule has 0 atom stereocenters. The molecule has 9 heteroatoms. The standard InChI is InChI=1S/C22H16N2O6S/c1-30-18-10-14(9-17(20(18)25)24(28)29)11-19-21(26)23(22(27)31-19)12-13-6-7-15-4-2-3-5-16(15)8-13/h2-11,25H,12H2,1H3/b19-11+. The van der Waals surface area contributed by atoms with E-state index >= 15 is 0 Å². The zero-order chi connectivity index (χ0) is 22.1. The van der Waals surface area contributed by atoms with E-state index in [4.69, 9.17) is 4.74 Å². The molecule has 8 nitrogen and oxygen atoms in total. The van der Waals surface area contributed by atoms with Crippen molar-refractivity contribution in [3.63, 3.8) is 0 Å². The topological polar surface area (TPSA) is 110 Å². The second-order valence-corrected chi connectivity index (χ2v) is 7.79. The molecule has 0 radical (unpaired) electrons. The number of carbonyl (C=O) groups excluding carboxylic acids is 2. The highest BCUT2D eigenvalue weighted by atomic mass is 32.2. The van der Waals surface area contributed by atoms with Crippen LogP contribution in [0.1, 0.15) is 11.1 Å². The van der Waals surface area contributed by atoms with E-state index in [0.29, 0.717) is 0 Å². The van der Waals surface area contributed by atoms with Crippen molar-refractivity contribution in [1.82, 2.24) is 4.90 Å². The average molecular weight is 436 g/mol. The van der Waals surface area contributed by atoms with E-state index < -0.39 is 27.5 Å². The van der Waals surface area contributed by atoms with Gasteiger partial charge in [0.2, 0.25) is 5.75 Å². The highest BCUT2D eigenvalue weighted by molar-refractivity contribution is 8.18. The largest absolute Gasteiger partial charge is 0.500 e. The van der Waals surface area contributed by atoms with Gasteiger partial charge in [0.25, 0.3) is 11.1 Å². The number of methoxy groups -OCH3 is 1. The third kappa shape index (κ3) is 3.95. The van der Waals surface area contributed by atoms with Gasteiger partial charge in [0, 0.05) is 6.07 Å². The summed E-state index contributed by atoms with van der Waals surface area (Å²) in [7, 11) is 1.26. The molecule has 1 N–H and O–H groups in total. The van der Waals surface area contributed by atoms with Crippen LogP contribution < -0.4 is 4.74 Å². The number of imide groups is 1. The first kappa shape index (κ1) is 20.4. The fourth-order valence-corrected chi connectivity index (χ4v) is 4.14. The summed E-state index contributed by atoms with van der Waals surface area (Å²) in [6.45, 7) is 0.117. The lowest BCUT2D eigenvalue weighted by molar-refractivity contribution is -0.386. The van der Waals surface area contributed by atoms with E-state index in [1.165, 1.54) is 19.3 Å². The number of nitro benzene ring substituents is 1. The summed E-state index contributed by atoms with van der Waals surface area (Å²) >= 11 is 0.757. The lowest BCUT2D eigenvalue weighted by Crippen LogP contribution is -2.27. The minimum atomic E-state index is -0.749. The van der Waals surface area contributed by atoms with Gasteiger partial charge in [-0.2, -0.15) is 0 Å². The number of hydrogen-bond donors (Lipinski definition) is 1. The molecule has 1 heterocycles. The SMILES string of the molecule is COc1cc(/C=C2/SC(=O)N(Cc3ccc4ccccc4c3)C2=O)cc([N+](=O)[O-])c1O. The van der Waals surface area contributed by atoms with Gasteiger partial charge in [-0.1, -0.05) is 36.4 Å². The predicted molar refractivity (Wildman–Crippen MR) is 117 cm³/mol. The normalized spacial score (nSPS) is 15.1. The number of phenolic OH excluding ortho intramolecular Hbond substituents is 1. The van der Waals surface area contributed by atoms with Gasteiger partial charge in [-0.15, -0.1) is 0 Å². The molecule has 1 aliphatic rings. The lowest BCUT2D eigenvalue weighted by atomic mass is 10.1. The smallest absolute Gasteiger partial charge is 0.315 e. The summed E-state index contributed by atoms with van der Waals surface area (Å²) in [4.78, 5) is 37.0. The first-order valence-electron chi connectivity index (χ1n) is 9.16. The third-order valence-electron chi connectivity index (χ3n) is 4.82. The Balaban J connectivity index is 1.62. The molecule has 4 rings (SSSR count). The molecule has 1 aliphatic heterocycles. The third-order valence-corrected chi connectivity index (χ3v) is 5.73. The van der Waals surface area contributed by atoms with Crippen molar-refractivity contribution in [3.8, 4) is 11.5 Å². The highest BCUT2D eigenvalue weighted by Gasteiger charge is 2.35. The molecule has 0 aliphatic carbocycles. The van der Waals surface area contributed by atoms with E-state index in [-0.39, 0.29) is 22.8 Å². The van der Waals surface area contributed by atoms with Crippen LogP contribution in [0.3, 0.4) is 0 Å². The Morgan fingerprint density at radius 1 is 1.13 bits per heavy atom. The van der Waals surface area contributed by atoms with Crippen LogP contribution in [-0.2, 0) is 11.3 Å². The molecule has 3 aromatic rings. The molecule has 31 heavy (non-hydrogen) atoms. The number of phenols is 1. The highest BCUT2D eigenvalue weighted by Crippen LogP contribution is 2.39. The molecule has 156 valence electrons. The Morgan fingerprint density at radius 2 is 1.87 bits per heavy atom. The number of hydrogen-bond acceptors (Lipinski definition) is 7. The average Bonchev–Trinajstić information content (AvgIpc) is 3.01. The minimum absolute atomic E-state index is 0.101. The first-order valence-corrected chi connectivity index (χ1v) is 9.97. The molecule has 0 unspecified atom stereocenters. The van der Waals surface area contributed by atoms with Gasteiger partial charge in [-0.3, -0.25) is 24.6 Å². The summed E-state index contributed by atoms with van der Waals surface area (Å²) in [5, 5.41) is 22.7. The van der Waals surface area contributed by atoms with E-state index in [2.05, 4.69) is 0 Å². The van der Waals surface area contributed by atoms with E-state index in [1.807, 2.05) is 42.5 Å². The number of rotatable bonds is 5. The molecule has 1 fully saturated rings. The second-order valence-electron chi connectivity index (χ2n) is 6.80. The van der Waals surface area contributed by atoms with Crippen LogP contribution in [0.2, 0.25) is 0 Å². The van der Waals surface area contributed by atoms with E-state index in [0.717, 1.165) is 39.1 Å². The summed E-state index contributed by atoms with van der Waals surface area (Å²) in [5.41, 5.74) is 0.516. The number of nitrogens with zero attached hydrogens (tertiary/aromatic N) is 2. The van der Waals surface area contributed by atoms with Crippen molar-refractivity contribution in [1.29, 1.82) is 0 Å². The number of thioether (sulfide) groups is 1.